The van der Waals surface area contributed by atoms with Crippen molar-refractivity contribution in [3.05, 3.63) is 4.91 Å². The molecule has 1 rings (SSSR count). The van der Waals surface area contributed by atoms with Crippen molar-refractivity contribution in [2.45, 2.75) is 37.8 Å². The van der Waals surface area contributed by atoms with Crippen LogP contribution in [0.4, 0.5) is 0 Å². The van der Waals surface area contributed by atoms with Gasteiger partial charge in [-0.25, -0.2) is 0 Å². The van der Waals surface area contributed by atoms with E-state index in [1.165, 1.54) is 0 Å². The quantitative estimate of drug-likeness (QED) is 0.538. The van der Waals surface area contributed by atoms with Gasteiger partial charge in [0.25, 0.3) is 0 Å². The Morgan fingerprint density at radius 3 is 2.44 bits per heavy atom. The fourth-order valence-electron chi connectivity index (χ4n) is 1.21. The van der Waals surface area contributed by atoms with Gasteiger partial charge in [-0.2, -0.15) is 4.91 Å². The molecule has 0 bridgehead atoms. The second-order valence-corrected chi connectivity index (χ2v) is 2.52. The van der Waals surface area contributed by atoms with E-state index in [1.807, 2.05) is 0 Å². The van der Waals surface area contributed by atoms with E-state index >= 15 is 0 Å². The van der Waals surface area contributed by atoms with Crippen LogP contribution in [0.15, 0.2) is 5.18 Å². The van der Waals surface area contributed by atoms with Gasteiger partial charge in [-0.1, -0.05) is 18.0 Å². The molecular formula is C6H11NO2. The zero-order chi connectivity index (χ0) is 6.69. The molecular weight excluding hydrogens is 118 g/mol. The first kappa shape index (κ1) is 6.68. The van der Waals surface area contributed by atoms with E-state index in [-0.39, 0.29) is 6.04 Å². The van der Waals surface area contributed by atoms with Gasteiger partial charge in [0.15, 0.2) is 0 Å². The van der Waals surface area contributed by atoms with Gasteiger partial charge in [-0.3, -0.25) is 0 Å². The van der Waals surface area contributed by atoms with Crippen molar-refractivity contribution in [1.29, 1.82) is 0 Å². The Morgan fingerprint density at radius 2 is 2.00 bits per heavy atom. The fraction of sp³-hybridized carbons (Fsp3) is 1.00. The lowest BCUT2D eigenvalue weighted by Gasteiger charge is -2.20. The number of hydrogen-bond donors (Lipinski definition) is 1. The minimum atomic E-state index is -0.462. The first-order valence-corrected chi connectivity index (χ1v) is 3.35. The molecule has 1 saturated carbocycles. The molecule has 0 amide bonds. The third-order valence-corrected chi connectivity index (χ3v) is 1.83. The predicted molar refractivity (Wildman–Crippen MR) is 34.1 cm³/mol. The van der Waals surface area contributed by atoms with E-state index in [0.29, 0.717) is 0 Å². The van der Waals surface area contributed by atoms with Crippen LogP contribution in [0.1, 0.15) is 25.7 Å². The molecule has 9 heavy (non-hydrogen) atoms. The molecule has 0 saturated heterocycles. The molecule has 0 radical (unpaired) electrons. The Kier molecular flexibility index (Phi) is 2.16. The monoisotopic (exact) mass is 129 g/mol. The molecule has 0 heterocycles. The lowest BCUT2D eigenvalue weighted by Crippen LogP contribution is -2.27. The summed E-state index contributed by atoms with van der Waals surface area (Å²) in [5.74, 6) is 0. The van der Waals surface area contributed by atoms with Gasteiger partial charge in [0.2, 0.25) is 0 Å². The number of rotatable bonds is 1. The summed E-state index contributed by atoms with van der Waals surface area (Å²) >= 11 is 0. The third-order valence-electron chi connectivity index (χ3n) is 1.83. The lowest BCUT2D eigenvalue weighted by atomic mass is 9.93. The van der Waals surface area contributed by atoms with E-state index in [9.17, 15) is 4.91 Å². The van der Waals surface area contributed by atoms with Crippen LogP contribution in [0.5, 0.6) is 0 Å². The van der Waals surface area contributed by atoms with Gasteiger partial charge in [0.05, 0.1) is 6.10 Å². The normalized spacial score (nSPS) is 36.1. The van der Waals surface area contributed by atoms with E-state index in [1.54, 1.807) is 0 Å². The predicted octanol–water partition coefficient (Wildman–Crippen LogP) is 1.06. The minimum absolute atomic E-state index is 0.321. The van der Waals surface area contributed by atoms with Crippen molar-refractivity contribution in [2.75, 3.05) is 0 Å². The Morgan fingerprint density at radius 1 is 1.33 bits per heavy atom. The summed E-state index contributed by atoms with van der Waals surface area (Å²) < 4.78 is 0. The molecule has 1 aliphatic carbocycles. The summed E-state index contributed by atoms with van der Waals surface area (Å²) in [6, 6.07) is -0.321. The van der Waals surface area contributed by atoms with Crippen molar-refractivity contribution in [2.24, 2.45) is 5.18 Å². The van der Waals surface area contributed by atoms with E-state index in [4.69, 9.17) is 5.11 Å². The highest BCUT2D eigenvalue weighted by molar-refractivity contribution is 4.79. The minimum Gasteiger partial charge on any atom is -0.391 e. The van der Waals surface area contributed by atoms with Crippen LogP contribution >= 0.6 is 0 Å². The van der Waals surface area contributed by atoms with Crippen LogP contribution in [0.25, 0.3) is 0 Å². The smallest absolute Gasteiger partial charge is 0.118 e. The highest BCUT2D eigenvalue weighted by Gasteiger charge is 2.22. The largest absolute Gasteiger partial charge is 0.391 e. The van der Waals surface area contributed by atoms with Crippen LogP contribution in [-0.4, -0.2) is 17.3 Å². The summed E-state index contributed by atoms with van der Waals surface area (Å²) in [5, 5.41) is 11.9. The molecule has 0 aromatic rings. The molecule has 1 aliphatic rings. The maximum Gasteiger partial charge on any atom is 0.118 e. The number of hydrogen-bond acceptors (Lipinski definition) is 3. The van der Waals surface area contributed by atoms with Crippen LogP contribution < -0.4 is 0 Å². The molecule has 3 nitrogen and oxygen atoms in total. The summed E-state index contributed by atoms with van der Waals surface area (Å²) in [7, 11) is 0. The first-order chi connectivity index (χ1) is 4.34. The zero-order valence-electron chi connectivity index (χ0n) is 5.29. The molecule has 52 valence electrons. The molecule has 0 spiro atoms. The molecule has 0 aromatic carbocycles. The van der Waals surface area contributed by atoms with Gasteiger partial charge in [-0.15, -0.1) is 0 Å². The van der Waals surface area contributed by atoms with Crippen molar-refractivity contribution in [3.8, 4) is 0 Å². The van der Waals surface area contributed by atoms with Gasteiger partial charge in [0, 0.05) is 0 Å². The van der Waals surface area contributed by atoms with E-state index in [0.717, 1.165) is 25.7 Å². The molecule has 3 heteroatoms. The highest BCUT2D eigenvalue weighted by atomic mass is 16.3. The van der Waals surface area contributed by atoms with Crippen molar-refractivity contribution in [1.82, 2.24) is 0 Å². The Hall–Kier alpha value is -0.440. The third kappa shape index (κ3) is 1.48. The average Bonchev–Trinajstić information content (AvgIpc) is 1.89. The number of aliphatic hydroxyl groups is 1. The molecule has 2 atom stereocenters. The van der Waals surface area contributed by atoms with Gasteiger partial charge in [0.1, 0.15) is 6.04 Å². The van der Waals surface area contributed by atoms with Crippen molar-refractivity contribution < 1.29 is 5.11 Å². The molecule has 0 aromatic heterocycles. The van der Waals surface area contributed by atoms with Crippen molar-refractivity contribution >= 4 is 0 Å². The molecule has 1 N–H and O–H groups in total. The summed E-state index contributed by atoms with van der Waals surface area (Å²) in [6.45, 7) is 0. The van der Waals surface area contributed by atoms with E-state index in [2.05, 4.69) is 5.18 Å². The van der Waals surface area contributed by atoms with Crippen LogP contribution in [0.2, 0.25) is 0 Å². The topological polar surface area (TPSA) is 49.7 Å². The Labute approximate surface area is 54.0 Å². The lowest BCUT2D eigenvalue weighted by molar-refractivity contribution is 0.109. The summed E-state index contributed by atoms with van der Waals surface area (Å²) in [6.07, 6.45) is 3.12. The molecule has 1 fully saturated rings. The Balaban J connectivity index is 2.38. The SMILES string of the molecule is O=NC1CCCCC1O. The van der Waals surface area contributed by atoms with Crippen molar-refractivity contribution in [3.63, 3.8) is 0 Å². The number of aliphatic hydroxyl groups excluding tert-OH is 1. The van der Waals surface area contributed by atoms with Gasteiger partial charge >= 0.3 is 0 Å². The van der Waals surface area contributed by atoms with E-state index < -0.39 is 6.10 Å². The number of nitroso groups, excluding NO2 is 1. The second-order valence-electron chi connectivity index (χ2n) is 2.52. The first-order valence-electron chi connectivity index (χ1n) is 3.35. The number of nitrogens with zero attached hydrogens (tertiary/aromatic N) is 1. The standard InChI is InChI=1S/C6H11NO2/c8-6-4-2-1-3-5(6)7-9/h5-6,8H,1-4H2. The zero-order valence-corrected chi connectivity index (χ0v) is 5.29. The van der Waals surface area contributed by atoms with Crippen LogP contribution in [0.3, 0.4) is 0 Å². The van der Waals surface area contributed by atoms with Gasteiger partial charge < -0.3 is 5.11 Å². The maximum absolute atomic E-state index is 9.96. The van der Waals surface area contributed by atoms with Crippen LogP contribution in [-0.2, 0) is 0 Å². The molecule has 2 unspecified atom stereocenters. The second kappa shape index (κ2) is 2.92. The summed E-state index contributed by atoms with van der Waals surface area (Å²) in [5.41, 5.74) is 0. The fourth-order valence-corrected chi connectivity index (χ4v) is 1.21. The average molecular weight is 129 g/mol. The Bertz CT molecular complexity index is 105. The molecule has 0 aliphatic heterocycles. The summed E-state index contributed by atoms with van der Waals surface area (Å²) in [4.78, 5) is 9.96. The van der Waals surface area contributed by atoms with Gasteiger partial charge in [-0.05, 0) is 12.8 Å². The van der Waals surface area contributed by atoms with Crippen LogP contribution in [0, 0.1) is 4.91 Å². The highest BCUT2D eigenvalue weighted by Crippen LogP contribution is 2.20. The maximum atomic E-state index is 9.96.